The Hall–Kier alpha value is -1.81. The molecule has 0 amide bonds. The van der Waals surface area contributed by atoms with E-state index in [1.165, 1.54) is 18.4 Å². The number of aromatic nitrogens is 2. The van der Waals surface area contributed by atoms with Crippen molar-refractivity contribution >= 4 is 17.4 Å². The van der Waals surface area contributed by atoms with Crippen molar-refractivity contribution in [2.75, 3.05) is 19.5 Å². The fraction of sp³-hybridized carbons (Fsp3) is 0.375. The van der Waals surface area contributed by atoms with Crippen LogP contribution in [0.5, 0.6) is 5.75 Å². The van der Waals surface area contributed by atoms with Gasteiger partial charge >= 0.3 is 0 Å². The molecule has 1 N–H and O–H groups in total. The fourth-order valence-corrected chi connectivity index (χ4v) is 2.99. The molecule has 5 heteroatoms. The molecule has 1 aromatic heterocycles. The summed E-state index contributed by atoms with van der Waals surface area (Å²) >= 11 is 6.20. The zero-order valence-electron chi connectivity index (χ0n) is 12.2. The van der Waals surface area contributed by atoms with Crippen LogP contribution in [-0.2, 0) is 12.8 Å². The smallest absolute Gasteiger partial charge is 0.161 e. The molecule has 0 fully saturated rings. The van der Waals surface area contributed by atoms with Gasteiger partial charge in [0.25, 0.3) is 0 Å². The van der Waals surface area contributed by atoms with Crippen LogP contribution in [-0.4, -0.2) is 24.1 Å². The summed E-state index contributed by atoms with van der Waals surface area (Å²) in [6.07, 6.45) is 4.47. The second-order valence-electron chi connectivity index (χ2n) is 5.13. The third-order valence-corrected chi connectivity index (χ3v) is 4.13. The second-order valence-corrected chi connectivity index (χ2v) is 5.53. The molecule has 0 saturated carbocycles. The van der Waals surface area contributed by atoms with Crippen LogP contribution in [0.3, 0.4) is 0 Å². The zero-order chi connectivity index (χ0) is 14.8. The summed E-state index contributed by atoms with van der Waals surface area (Å²) in [7, 11) is 3.51. The summed E-state index contributed by atoms with van der Waals surface area (Å²) in [5.74, 6) is 2.30. The largest absolute Gasteiger partial charge is 0.495 e. The number of aryl methyl sites for hydroxylation is 1. The van der Waals surface area contributed by atoms with Crippen LogP contribution in [0.1, 0.15) is 24.1 Å². The lowest BCUT2D eigenvalue weighted by atomic mass is 9.96. The van der Waals surface area contributed by atoms with E-state index in [1.807, 2.05) is 25.2 Å². The SMILES string of the molecule is CNc1nc(-c2ccc(OC)c(Cl)c2)nc2c1CCCC2. The molecule has 0 radical (unpaired) electrons. The Morgan fingerprint density at radius 2 is 2.00 bits per heavy atom. The van der Waals surface area contributed by atoms with Gasteiger partial charge in [0.05, 0.1) is 12.1 Å². The lowest BCUT2D eigenvalue weighted by Gasteiger charge is -2.19. The minimum absolute atomic E-state index is 0.572. The number of hydrogen-bond acceptors (Lipinski definition) is 4. The lowest BCUT2D eigenvalue weighted by molar-refractivity contribution is 0.415. The third kappa shape index (κ3) is 2.68. The molecular formula is C16H18ClN3O. The van der Waals surface area contributed by atoms with Gasteiger partial charge in [-0.1, -0.05) is 11.6 Å². The van der Waals surface area contributed by atoms with Crippen molar-refractivity contribution in [3.63, 3.8) is 0 Å². The molecule has 2 aromatic rings. The maximum atomic E-state index is 6.20. The van der Waals surface area contributed by atoms with Gasteiger partial charge in [-0.15, -0.1) is 0 Å². The number of benzene rings is 1. The molecule has 1 aromatic carbocycles. The van der Waals surface area contributed by atoms with E-state index in [0.29, 0.717) is 16.6 Å². The van der Waals surface area contributed by atoms with Gasteiger partial charge in [-0.2, -0.15) is 0 Å². The number of halogens is 1. The first kappa shape index (κ1) is 14.1. The highest BCUT2D eigenvalue weighted by atomic mass is 35.5. The number of ether oxygens (including phenoxy) is 1. The predicted molar refractivity (Wildman–Crippen MR) is 85.2 cm³/mol. The Bertz CT molecular complexity index is 656. The monoisotopic (exact) mass is 303 g/mol. The van der Waals surface area contributed by atoms with Crippen LogP contribution in [0.15, 0.2) is 18.2 Å². The van der Waals surface area contributed by atoms with Crippen LogP contribution >= 0.6 is 11.6 Å². The van der Waals surface area contributed by atoms with E-state index in [1.54, 1.807) is 7.11 Å². The van der Waals surface area contributed by atoms with E-state index in [-0.39, 0.29) is 0 Å². The Labute approximate surface area is 129 Å². The van der Waals surface area contributed by atoms with Crippen molar-refractivity contribution in [2.24, 2.45) is 0 Å². The highest BCUT2D eigenvalue weighted by Crippen LogP contribution is 2.31. The summed E-state index contributed by atoms with van der Waals surface area (Å²) in [5.41, 5.74) is 3.32. The number of fused-ring (bicyclic) bond motifs is 1. The van der Waals surface area contributed by atoms with Crippen LogP contribution in [0, 0.1) is 0 Å². The molecule has 3 rings (SSSR count). The summed E-state index contributed by atoms with van der Waals surface area (Å²) in [6, 6.07) is 5.64. The Morgan fingerprint density at radius 3 is 2.71 bits per heavy atom. The molecule has 0 aliphatic heterocycles. The van der Waals surface area contributed by atoms with E-state index in [4.69, 9.17) is 21.3 Å². The highest BCUT2D eigenvalue weighted by Gasteiger charge is 2.18. The summed E-state index contributed by atoms with van der Waals surface area (Å²) < 4.78 is 5.19. The van der Waals surface area contributed by atoms with E-state index in [2.05, 4.69) is 10.3 Å². The van der Waals surface area contributed by atoms with Gasteiger partial charge in [0.15, 0.2) is 5.82 Å². The molecule has 21 heavy (non-hydrogen) atoms. The Balaban J connectivity index is 2.08. The fourth-order valence-electron chi connectivity index (χ4n) is 2.74. The van der Waals surface area contributed by atoms with Gasteiger partial charge in [0, 0.05) is 23.9 Å². The van der Waals surface area contributed by atoms with Gasteiger partial charge in [-0.05, 0) is 43.9 Å². The average Bonchev–Trinajstić information content (AvgIpc) is 2.53. The van der Waals surface area contributed by atoms with Gasteiger partial charge in [0.1, 0.15) is 11.6 Å². The van der Waals surface area contributed by atoms with Crippen molar-refractivity contribution < 1.29 is 4.74 Å². The first-order valence-electron chi connectivity index (χ1n) is 7.14. The van der Waals surface area contributed by atoms with Crippen molar-refractivity contribution in [2.45, 2.75) is 25.7 Å². The van der Waals surface area contributed by atoms with Gasteiger partial charge in [-0.25, -0.2) is 9.97 Å². The Kier molecular flexibility index (Phi) is 3.97. The molecule has 0 bridgehead atoms. The molecule has 1 aliphatic carbocycles. The Morgan fingerprint density at radius 1 is 1.19 bits per heavy atom. The number of rotatable bonds is 3. The van der Waals surface area contributed by atoms with Crippen molar-refractivity contribution in [3.8, 4) is 17.1 Å². The quantitative estimate of drug-likeness (QED) is 0.938. The molecule has 0 spiro atoms. The number of anilines is 1. The molecule has 110 valence electrons. The summed E-state index contributed by atoms with van der Waals surface area (Å²) in [6.45, 7) is 0. The molecular weight excluding hydrogens is 286 g/mol. The van der Waals surface area contributed by atoms with Gasteiger partial charge < -0.3 is 10.1 Å². The highest BCUT2D eigenvalue weighted by molar-refractivity contribution is 6.32. The standard InChI is InChI=1S/C16H18ClN3O/c1-18-16-11-5-3-4-6-13(11)19-15(20-16)10-7-8-14(21-2)12(17)9-10/h7-9H,3-6H2,1-2H3,(H,18,19,20). The zero-order valence-corrected chi connectivity index (χ0v) is 13.0. The minimum atomic E-state index is 0.572. The van der Waals surface area contributed by atoms with Gasteiger partial charge in [-0.3, -0.25) is 0 Å². The third-order valence-electron chi connectivity index (χ3n) is 3.83. The molecule has 0 unspecified atom stereocenters. The molecule has 0 saturated heterocycles. The van der Waals surface area contributed by atoms with Crippen LogP contribution in [0.25, 0.3) is 11.4 Å². The summed E-state index contributed by atoms with van der Waals surface area (Å²) in [4.78, 5) is 9.39. The first-order chi connectivity index (χ1) is 10.2. The predicted octanol–water partition coefficient (Wildman–Crippen LogP) is 3.73. The van der Waals surface area contributed by atoms with Crippen molar-refractivity contribution in [1.29, 1.82) is 0 Å². The van der Waals surface area contributed by atoms with E-state index < -0.39 is 0 Å². The average molecular weight is 304 g/mol. The summed E-state index contributed by atoms with van der Waals surface area (Å²) in [5, 5.41) is 3.77. The van der Waals surface area contributed by atoms with E-state index >= 15 is 0 Å². The van der Waals surface area contributed by atoms with Crippen LogP contribution in [0.2, 0.25) is 5.02 Å². The van der Waals surface area contributed by atoms with Crippen LogP contribution < -0.4 is 10.1 Å². The first-order valence-corrected chi connectivity index (χ1v) is 7.52. The number of nitrogens with zero attached hydrogens (tertiary/aromatic N) is 2. The van der Waals surface area contributed by atoms with Crippen molar-refractivity contribution in [1.82, 2.24) is 9.97 Å². The molecule has 0 atom stereocenters. The minimum Gasteiger partial charge on any atom is -0.495 e. The lowest BCUT2D eigenvalue weighted by Crippen LogP contribution is -2.11. The maximum Gasteiger partial charge on any atom is 0.161 e. The molecule has 1 aliphatic rings. The maximum absolute atomic E-state index is 6.20. The number of nitrogens with one attached hydrogen (secondary N) is 1. The topological polar surface area (TPSA) is 47.0 Å². The van der Waals surface area contributed by atoms with E-state index in [0.717, 1.165) is 29.9 Å². The van der Waals surface area contributed by atoms with Crippen molar-refractivity contribution in [3.05, 3.63) is 34.5 Å². The number of hydrogen-bond donors (Lipinski definition) is 1. The molecule has 4 nitrogen and oxygen atoms in total. The number of methoxy groups -OCH3 is 1. The second kappa shape index (κ2) is 5.90. The molecule has 1 heterocycles. The van der Waals surface area contributed by atoms with Crippen LogP contribution in [0.4, 0.5) is 5.82 Å². The van der Waals surface area contributed by atoms with Gasteiger partial charge in [0.2, 0.25) is 0 Å². The van der Waals surface area contributed by atoms with E-state index in [9.17, 15) is 0 Å². The normalized spacial score (nSPS) is 13.7.